The fourth-order valence-electron chi connectivity index (χ4n) is 2.12. The number of carbonyl (C=O) groups excluding carboxylic acids is 1. The standard InChI is InChI=1S/C16H22BrN5OS2/c1-16(2,3)19-13(23)9-21(4)10-22-15(24)25-14(20-22)18-12-7-5-6-11(17)8-12/h5-8H,9-10H2,1-4H3,(H,18,20)(H,19,23). The van der Waals surface area contributed by atoms with Gasteiger partial charge in [-0.25, -0.2) is 4.68 Å². The van der Waals surface area contributed by atoms with Crippen LogP contribution in [-0.2, 0) is 11.5 Å². The number of hydrogen-bond acceptors (Lipinski definition) is 6. The Kier molecular flexibility index (Phi) is 6.72. The molecule has 2 rings (SSSR count). The third-order valence-corrected chi connectivity index (χ3v) is 4.70. The third kappa shape index (κ3) is 6.85. The Hall–Kier alpha value is -1.29. The minimum Gasteiger partial charge on any atom is -0.350 e. The summed E-state index contributed by atoms with van der Waals surface area (Å²) in [6, 6.07) is 7.84. The van der Waals surface area contributed by atoms with Crippen molar-refractivity contribution in [2.45, 2.75) is 33.0 Å². The lowest BCUT2D eigenvalue weighted by Crippen LogP contribution is -2.45. The van der Waals surface area contributed by atoms with E-state index in [1.165, 1.54) is 11.3 Å². The molecule has 0 aliphatic rings. The summed E-state index contributed by atoms with van der Waals surface area (Å²) in [5.74, 6) is -0.0239. The molecule has 9 heteroatoms. The zero-order chi connectivity index (χ0) is 18.6. The highest BCUT2D eigenvalue weighted by atomic mass is 79.9. The first-order valence-corrected chi connectivity index (χ1v) is 9.74. The first-order valence-electron chi connectivity index (χ1n) is 7.72. The second-order valence-corrected chi connectivity index (χ2v) is 9.30. The lowest BCUT2D eigenvalue weighted by atomic mass is 10.1. The molecule has 0 aliphatic carbocycles. The Bertz CT molecular complexity index is 796. The van der Waals surface area contributed by atoms with Crippen molar-refractivity contribution >= 4 is 56.2 Å². The van der Waals surface area contributed by atoms with Crippen LogP contribution in [0, 0.1) is 3.95 Å². The zero-order valence-electron chi connectivity index (χ0n) is 14.7. The van der Waals surface area contributed by atoms with E-state index >= 15 is 0 Å². The van der Waals surface area contributed by atoms with Crippen LogP contribution in [0.25, 0.3) is 0 Å². The maximum Gasteiger partial charge on any atom is 0.234 e. The van der Waals surface area contributed by atoms with Crippen LogP contribution in [0.4, 0.5) is 10.8 Å². The Morgan fingerprint density at radius 1 is 1.44 bits per heavy atom. The van der Waals surface area contributed by atoms with Crippen LogP contribution in [0.1, 0.15) is 20.8 Å². The van der Waals surface area contributed by atoms with Crippen LogP contribution in [0.3, 0.4) is 0 Å². The summed E-state index contributed by atoms with van der Waals surface area (Å²) >= 11 is 10.2. The quantitative estimate of drug-likeness (QED) is 0.660. The van der Waals surface area contributed by atoms with Gasteiger partial charge in [-0.05, 0) is 58.2 Å². The van der Waals surface area contributed by atoms with Crippen LogP contribution in [0.5, 0.6) is 0 Å². The molecule has 2 N–H and O–H groups in total. The Balaban J connectivity index is 1.98. The van der Waals surface area contributed by atoms with E-state index in [0.717, 1.165) is 15.3 Å². The predicted octanol–water partition coefficient (Wildman–Crippen LogP) is 3.98. The topological polar surface area (TPSA) is 62.2 Å². The van der Waals surface area contributed by atoms with Gasteiger partial charge in [-0.2, -0.15) is 0 Å². The first kappa shape index (κ1) is 20.0. The molecule has 0 atom stereocenters. The molecule has 1 aromatic heterocycles. The number of benzene rings is 1. The van der Waals surface area contributed by atoms with Crippen LogP contribution >= 0.6 is 39.5 Å². The first-order chi connectivity index (χ1) is 11.6. The van der Waals surface area contributed by atoms with Gasteiger partial charge in [-0.3, -0.25) is 9.69 Å². The molecule has 1 amide bonds. The Morgan fingerprint density at radius 2 is 2.16 bits per heavy atom. The van der Waals surface area contributed by atoms with Crippen molar-refractivity contribution in [3.8, 4) is 0 Å². The summed E-state index contributed by atoms with van der Waals surface area (Å²) in [7, 11) is 1.87. The van der Waals surface area contributed by atoms with E-state index in [2.05, 4.69) is 31.7 Å². The summed E-state index contributed by atoms with van der Waals surface area (Å²) in [5, 5.41) is 11.4. The number of anilines is 2. The molecule has 0 aliphatic heterocycles. The summed E-state index contributed by atoms with van der Waals surface area (Å²) in [4.78, 5) is 13.9. The predicted molar refractivity (Wildman–Crippen MR) is 109 cm³/mol. The summed E-state index contributed by atoms with van der Waals surface area (Å²) in [5.41, 5.74) is 0.693. The number of aromatic nitrogens is 2. The summed E-state index contributed by atoms with van der Waals surface area (Å²) in [6.07, 6.45) is 0. The zero-order valence-corrected chi connectivity index (χ0v) is 17.9. The Labute approximate surface area is 165 Å². The van der Waals surface area contributed by atoms with E-state index in [-0.39, 0.29) is 18.0 Å². The molecule has 25 heavy (non-hydrogen) atoms. The molecule has 6 nitrogen and oxygen atoms in total. The summed E-state index contributed by atoms with van der Waals surface area (Å²) in [6.45, 7) is 6.61. The van der Waals surface area contributed by atoms with Crippen molar-refractivity contribution in [2.24, 2.45) is 0 Å². The molecule has 1 aromatic carbocycles. The molecule has 0 fully saturated rings. The van der Waals surface area contributed by atoms with Gasteiger partial charge in [-0.1, -0.05) is 33.3 Å². The van der Waals surface area contributed by atoms with E-state index in [0.29, 0.717) is 10.6 Å². The normalized spacial score (nSPS) is 11.6. The average molecular weight is 444 g/mol. The number of hydrogen-bond donors (Lipinski definition) is 2. The second-order valence-electron chi connectivity index (χ2n) is 6.76. The number of rotatable bonds is 6. The molecular formula is C16H22BrN5OS2. The molecule has 0 radical (unpaired) electrons. The van der Waals surface area contributed by atoms with Gasteiger partial charge >= 0.3 is 0 Å². The molecular weight excluding hydrogens is 422 g/mol. The molecule has 0 spiro atoms. The van der Waals surface area contributed by atoms with E-state index in [4.69, 9.17) is 12.2 Å². The maximum atomic E-state index is 12.0. The lowest BCUT2D eigenvalue weighted by Gasteiger charge is -2.23. The Morgan fingerprint density at radius 3 is 2.80 bits per heavy atom. The smallest absolute Gasteiger partial charge is 0.234 e. The highest BCUT2D eigenvalue weighted by Gasteiger charge is 2.15. The van der Waals surface area contributed by atoms with Gasteiger partial charge in [0, 0.05) is 15.7 Å². The van der Waals surface area contributed by atoms with E-state index in [1.54, 1.807) is 4.68 Å². The minimum atomic E-state index is -0.240. The maximum absolute atomic E-state index is 12.0. The van der Waals surface area contributed by atoms with E-state index < -0.39 is 0 Å². The van der Waals surface area contributed by atoms with Crippen molar-refractivity contribution < 1.29 is 4.79 Å². The average Bonchev–Trinajstić information content (AvgIpc) is 2.76. The largest absolute Gasteiger partial charge is 0.350 e. The minimum absolute atomic E-state index is 0.0239. The van der Waals surface area contributed by atoms with Gasteiger partial charge in [0.1, 0.15) is 0 Å². The molecule has 1 heterocycles. The fraction of sp³-hybridized carbons (Fsp3) is 0.438. The number of likely N-dealkylation sites (N-methyl/N-ethyl adjacent to an activating group) is 1. The van der Waals surface area contributed by atoms with Gasteiger partial charge in [0.25, 0.3) is 0 Å². The lowest BCUT2D eigenvalue weighted by molar-refractivity contribution is -0.123. The van der Waals surface area contributed by atoms with Crippen LogP contribution < -0.4 is 10.6 Å². The van der Waals surface area contributed by atoms with Crippen molar-refractivity contribution in [1.29, 1.82) is 0 Å². The van der Waals surface area contributed by atoms with Gasteiger partial charge in [-0.15, -0.1) is 5.10 Å². The van der Waals surface area contributed by atoms with Crippen LogP contribution in [-0.4, -0.2) is 39.7 Å². The fourth-order valence-corrected chi connectivity index (χ4v) is 3.53. The van der Waals surface area contributed by atoms with Crippen LogP contribution in [0.2, 0.25) is 0 Å². The SMILES string of the molecule is CN(CC(=O)NC(C)(C)C)Cn1nc(Nc2cccc(Br)c2)sc1=S. The number of nitrogens with one attached hydrogen (secondary N) is 2. The van der Waals surface area contributed by atoms with E-state index in [1.807, 2.05) is 57.0 Å². The number of halogens is 1. The number of amides is 1. The van der Waals surface area contributed by atoms with Crippen LogP contribution in [0.15, 0.2) is 28.7 Å². The van der Waals surface area contributed by atoms with Crippen molar-refractivity contribution in [1.82, 2.24) is 20.0 Å². The molecule has 136 valence electrons. The molecule has 0 bridgehead atoms. The van der Waals surface area contributed by atoms with Crippen molar-refractivity contribution in [2.75, 3.05) is 18.9 Å². The van der Waals surface area contributed by atoms with Gasteiger partial charge in [0.15, 0.2) is 3.95 Å². The number of nitrogens with zero attached hydrogens (tertiary/aromatic N) is 3. The monoisotopic (exact) mass is 443 g/mol. The van der Waals surface area contributed by atoms with E-state index in [9.17, 15) is 4.79 Å². The molecule has 0 unspecified atom stereocenters. The summed E-state index contributed by atoms with van der Waals surface area (Å²) < 4.78 is 3.36. The van der Waals surface area contributed by atoms with Gasteiger partial charge in [0.05, 0.1) is 13.2 Å². The van der Waals surface area contributed by atoms with Gasteiger partial charge < -0.3 is 10.6 Å². The molecule has 2 aromatic rings. The van der Waals surface area contributed by atoms with Crippen molar-refractivity contribution in [3.63, 3.8) is 0 Å². The third-order valence-electron chi connectivity index (χ3n) is 2.99. The second kappa shape index (κ2) is 8.39. The molecule has 0 saturated carbocycles. The highest BCUT2D eigenvalue weighted by Crippen LogP contribution is 2.22. The highest BCUT2D eigenvalue weighted by molar-refractivity contribution is 9.10. The van der Waals surface area contributed by atoms with Gasteiger partial charge in [0.2, 0.25) is 11.0 Å². The number of carbonyl (C=O) groups is 1. The van der Waals surface area contributed by atoms with Crippen molar-refractivity contribution in [3.05, 3.63) is 32.7 Å². The molecule has 0 saturated heterocycles.